The number of aliphatic hydroxyl groups is 1. The van der Waals surface area contributed by atoms with Crippen LogP contribution in [0, 0.1) is 5.92 Å². The highest BCUT2D eigenvalue weighted by molar-refractivity contribution is 9.10. The lowest BCUT2D eigenvalue weighted by atomic mass is 10.1. The van der Waals surface area contributed by atoms with Crippen molar-refractivity contribution in [2.24, 2.45) is 5.92 Å². The molecule has 3 N–H and O–H groups in total. The number of nitrogens with zero attached hydrogens (tertiary/aromatic N) is 2. The van der Waals surface area contributed by atoms with Gasteiger partial charge in [0.1, 0.15) is 11.6 Å². The fraction of sp³-hybridized carbons (Fsp3) is 0.273. The lowest BCUT2D eigenvalue weighted by molar-refractivity contribution is -0.274. The van der Waals surface area contributed by atoms with Gasteiger partial charge in [-0.2, -0.15) is 4.98 Å². The fourth-order valence-electron chi connectivity index (χ4n) is 2.88. The normalized spacial score (nSPS) is 12.5. The Morgan fingerprint density at radius 2 is 1.81 bits per heavy atom. The fourth-order valence-corrected chi connectivity index (χ4v) is 3.28. The maximum absolute atomic E-state index is 12.6. The van der Waals surface area contributed by atoms with E-state index in [0.717, 1.165) is 10.2 Å². The molecule has 0 spiro atoms. The number of benzene rings is 2. The Morgan fingerprint density at radius 1 is 1.06 bits per heavy atom. The molecule has 170 valence electrons. The zero-order valence-corrected chi connectivity index (χ0v) is 18.9. The van der Waals surface area contributed by atoms with Gasteiger partial charge < -0.3 is 20.5 Å². The maximum Gasteiger partial charge on any atom is 0.573 e. The number of nitrogens with one attached hydrogen (secondary N) is 2. The van der Waals surface area contributed by atoms with Crippen molar-refractivity contribution in [1.29, 1.82) is 0 Å². The molecule has 0 unspecified atom stereocenters. The predicted molar refractivity (Wildman–Crippen MR) is 121 cm³/mol. The van der Waals surface area contributed by atoms with E-state index in [-0.39, 0.29) is 30.3 Å². The zero-order chi connectivity index (χ0) is 23.3. The van der Waals surface area contributed by atoms with Crippen molar-refractivity contribution in [1.82, 2.24) is 9.97 Å². The number of rotatable bonds is 8. The molecule has 0 aliphatic heterocycles. The second kappa shape index (κ2) is 10.2. The van der Waals surface area contributed by atoms with E-state index in [1.807, 2.05) is 38.1 Å². The summed E-state index contributed by atoms with van der Waals surface area (Å²) in [6.45, 7) is 3.75. The molecule has 0 amide bonds. The molecule has 3 aromatic rings. The SMILES string of the molecule is CC(C)[C@@H](CO)Nc1nc(Nc2cccc(Br)c2)cc(-c2cccc(OC(F)(F)F)c2)n1. The summed E-state index contributed by atoms with van der Waals surface area (Å²) >= 11 is 3.41. The minimum Gasteiger partial charge on any atom is -0.406 e. The summed E-state index contributed by atoms with van der Waals surface area (Å²) in [4.78, 5) is 8.92. The molecule has 3 rings (SSSR count). The summed E-state index contributed by atoms with van der Waals surface area (Å²) < 4.78 is 42.8. The van der Waals surface area contributed by atoms with E-state index in [2.05, 4.69) is 41.3 Å². The molecule has 0 aliphatic rings. The summed E-state index contributed by atoms with van der Waals surface area (Å²) in [5.74, 6) is 0.408. The molecular weight excluding hydrogens is 489 g/mol. The lowest BCUT2D eigenvalue weighted by Crippen LogP contribution is -2.30. The van der Waals surface area contributed by atoms with Crippen LogP contribution in [0.4, 0.5) is 30.6 Å². The van der Waals surface area contributed by atoms with Crippen molar-refractivity contribution in [2.75, 3.05) is 17.2 Å². The van der Waals surface area contributed by atoms with Gasteiger partial charge in [-0.15, -0.1) is 13.2 Å². The monoisotopic (exact) mass is 510 g/mol. The number of aliphatic hydroxyl groups excluding tert-OH is 1. The number of halogens is 4. The van der Waals surface area contributed by atoms with E-state index < -0.39 is 6.36 Å². The van der Waals surface area contributed by atoms with E-state index in [1.165, 1.54) is 18.2 Å². The highest BCUT2D eigenvalue weighted by Gasteiger charge is 2.31. The first-order valence-electron chi connectivity index (χ1n) is 9.78. The van der Waals surface area contributed by atoms with Crippen LogP contribution in [0.3, 0.4) is 0 Å². The van der Waals surface area contributed by atoms with Crippen LogP contribution in [0.2, 0.25) is 0 Å². The van der Waals surface area contributed by atoms with Crippen molar-refractivity contribution < 1.29 is 23.0 Å². The van der Waals surface area contributed by atoms with E-state index in [9.17, 15) is 18.3 Å². The van der Waals surface area contributed by atoms with E-state index in [1.54, 1.807) is 12.1 Å². The van der Waals surface area contributed by atoms with Gasteiger partial charge in [0.15, 0.2) is 0 Å². The van der Waals surface area contributed by atoms with Gasteiger partial charge in [0, 0.05) is 21.8 Å². The third-order valence-corrected chi connectivity index (χ3v) is 5.00. The van der Waals surface area contributed by atoms with Gasteiger partial charge in [0.05, 0.1) is 18.3 Å². The topological polar surface area (TPSA) is 79.3 Å². The first kappa shape index (κ1) is 23.8. The van der Waals surface area contributed by atoms with Crippen LogP contribution in [0.5, 0.6) is 5.75 Å². The Balaban J connectivity index is 2.00. The van der Waals surface area contributed by atoms with Gasteiger partial charge in [-0.3, -0.25) is 0 Å². The molecule has 0 radical (unpaired) electrons. The average molecular weight is 511 g/mol. The average Bonchev–Trinajstić information content (AvgIpc) is 2.70. The number of anilines is 3. The number of ether oxygens (including phenoxy) is 1. The Kier molecular flexibility index (Phi) is 7.57. The van der Waals surface area contributed by atoms with Crippen LogP contribution in [0.1, 0.15) is 13.8 Å². The van der Waals surface area contributed by atoms with Gasteiger partial charge >= 0.3 is 6.36 Å². The van der Waals surface area contributed by atoms with Gasteiger partial charge in [0.25, 0.3) is 0 Å². The Morgan fingerprint density at radius 3 is 2.47 bits per heavy atom. The molecule has 2 aromatic carbocycles. The summed E-state index contributed by atoms with van der Waals surface area (Å²) in [7, 11) is 0. The molecule has 0 saturated heterocycles. The summed E-state index contributed by atoms with van der Waals surface area (Å²) in [5, 5.41) is 15.9. The van der Waals surface area contributed by atoms with Gasteiger partial charge in [-0.1, -0.05) is 48.0 Å². The molecule has 0 saturated carbocycles. The second-order valence-electron chi connectivity index (χ2n) is 7.35. The van der Waals surface area contributed by atoms with Crippen LogP contribution >= 0.6 is 15.9 Å². The minimum absolute atomic E-state index is 0.0947. The smallest absolute Gasteiger partial charge is 0.406 e. The van der Waals surface area contributed by atoms with Gasteiger partial charge in [-0.25, -0.2) is 4.98 Å². The standard InChI is InChI=1S/C22H22BrF3N4O2/c1-13(2)19(12-31)29-21-28-18(14-5-3-8-17(9-14)32-22(24,25)26)11-20(30-21)27-16-7-4-6-15(23)10-16/h3-11,13,19,31H,12H2,1-2H3,(H2,27,28,29,30)/t19-/m1/s1. The summed E-state index contributed by atoms with van der Waals surface area (Å²) in [6.07, 6.45) is -4.80. The van der Waals surface area contributed by atoms with Crippen molar-refractivity contribution >= 4 is 33.4 Å². The molecule has 6 nitrogen and oxygen atoms in total. The second-order valence-corrected chi connectivity index (χ2v) is 8.27. The first-order valence-corrected chi connectivity index (χ1v) is 10.6. The number of alkyl halides is 3. The van der Waals surface area contributed by atoms with E-state index in [0.29, 0.717) is 17.1 Å². The van der Waals surface area contributed by atoms with Crippen LogP contribution in [-0.2, 0) is 0 Å². The summed E-state index contributed by atoms with van der Waals surface area (Å²) in [5.41, 5.74) is 1.55. The van der Waals surface area contributed by atoms with Crippen molar-refractivity contribution in [3.8, 4) is 17.0 Å². The molecule has 10 heteroatoms. The number of aromatic nitrogens is 2. The van der Waals surface area contributed by atoms with Crippen LogP contribution in [-0.4, -0.2) is 34.1 Å². The Hall–Kier alpha value is -2.85. The quantitative estimate of drug-likeness (QED) is 0.346. The third kappa shape index (κ3) is 6.83. The third-order valence-electron chi connectivity index (χ3n) is 4.50. The van der Waals surface area contributed by atoms with Crippen LogP contribution in [0.25, 0.3) is 11.3 Å². The maximum atomic E-state index is 12.6. The molecule has 0 bridgehead atoms. The molecule has 0 aliphatic carbocycles. The first-order chi connectivity index (χ1) is 15.1. The zero-order valence-electron chi connectivity index (χ0n) is 17.3. The lowest BCUT2D eigenvalue weighted by Gasteiger charge is -2.21. The highest BCUT2D eigenvalue weighted by atomic mass is 79.9. The summed E-state index contributed by atoms with van der Waals surface area (Å²) in [6, 6.07) is 14.3. The van der Waals surface area contributed by atoms with Crippen molar-refractivity contribution in [2.45, 2.75) is 26.3 Å². The molecular formula is C22H22BrF3N4O2. The number of hydrogen-bond donors (Lipinski definition) is 3. The molecule has 32 heavy (non-hydrogen) atoms. The molecule has 1 heterocycles. The number of hydrogen-bond acceptors (Lipinski definition) is 6. The minimum atomic E-state index is -4.80. The van der Waals surface area contributed by atoms with Gasteiger partial charge in [0.2, 0.25) is 5.95 Å². The molecule has 1 atom stereocenters. The van der Waals surface area contributed by atoms with Gasteiger partial charge in [-0.05, 0) is 36.2 Å². The van der Waals surface area contributed by atoms with E-state index >= 15 is 0 Å². The van der Waals surface area contributed by atoms with E-state index in [4.69, 9.17) is 0 Å². The largest absolute Gasteiger partial charge is 0.573 e. The Bertz CT molecular complexity index is 1060. The Labute approximate surface area is 192 Å². The van der Waals surface area contributed by atoms with Crippen molar-refractivity contribution in [3.05, 3.63) is 59.1 Å². The van der Waals surface area contributed by atoms with Crippen LogP contribution < -0.4 is 15.4 Å². The predicted octanol–water partition coefficient (Wildman–Crippen LogP) is 5.98. The van der Waals surface area contributed by atoms with Crippen molar-refractivity contribution in [3.63, 3.8) is 0 Å². The molecule has 1 aromatic heterocycles. The highest BCUT2D eigenvalue weighted by Crippen LogP contribution is 2.30. The van der Waals surface area contributed by atoms with Crippen LogP contribution in [0.15, 0.2) is 59.1 Å². The molecule has 0 fully saturated rings.